The normalized spacial score (nSPS) is 13.3. The van der Waals surface area contributed by atoms with Crippen molar-refractivity contribution in [1.29, 1.82) is 0 Å². The fourth-order valence-electron chi connectivity index (χ4n) is 4.55. The minimum absolute atomic E-state index is 0.119. The molecule has 0 amide bonds. The first kappa shape index (κ1) is 25.5. The number of hydrogen-bond acceptors (Lipinski definition) is 6. The number of fused-ring (bicyclic) bond motifs is 1. The summed E-state index contributed by atoms with van der Waals surface area (Å²) in [5.74, 6) is 1.26. The number of H-pyrrole nitrogens is 1. The molecule has 12 heteroatoms. The molecule has 3 aromatic heterocycles. The maximum absolute atomic E-state index is 13.2. The summed E-state index contributed by atoms with van der Waals surface area (Å²) in [5.41, 5.74) is 3.93. The van der Waals surface area contributed by atoms with E-state index in [9.17, 15) is 9.46 Å². The van der Waals surface area contributed by atoms with Crippen LogP contribution in [0.1, 0.15) is 38.1 Å². The van der Waals surface area contributed by atoms with Crippen LogP contribution in [0.15, 0.2) is 59.3 Å². The summed E-state index contributed by atoms with van der Waals surface area (Å²) in [4.78, 5) is 15.4. The molecule has 5 aromatic rings. The highest BCUT2D eigenvalue weighted by molar-refractivity contribution is 9.10. The van der Waals surface area contributed by atoms with E-state index in [0.29, 0.717) is 23.4 Å². The van der Waals surface area contributed by atoms with Crippen molar-refractivity contribution in [3.63, 3.8) is 0 Å². The van der Waals surface area contributed by atoms with E-state index in [-0.39, 0.29) is 12.0 Å². The molecule has 2 N–H and O–H groups in total. The first-order valence-electron chi connectivity index (χ1n) is 12.1. The van der Waals surface area contributed by atoms with Crippen LogP contribution in [0, 0.1) is 0 Å². The molecule has 0 aliphatic carbocycles. The van der Waals surface area contributed by atoms with Gasteiger partial charge in [-0.2, -0.15) is 5.21 Å². The van der Waals surface area contributed by atoms with Gasteiger partial charge in [0.25, 0.3) is 0 Å². The Kier molecular flexibility index (Phi) is 7.39. The molecule has 0 bridgehead atoms. The molecule has 37 heavy (non-hydrogen) atoms. The fraction of sp³-hybridized carbons (Fsp3) is 0.280. The molecule has 2 aromatic carbocycles. The number of rotatable bonds is 10. The van der Waals surface area contributed by atoms with Crippen molar-refractivity contribution in [1.82, 2.24) is 34.7 Å². The van der Waals surface area contributed by atoms with Crippen molar-refractivity contribution in [2.75, 3.05) is 6.61 Å². The monoisotopic (exact) mass is 583 g/mol. The molecule has 0 saturated heterocycles. The average molecular weight is 584 g/mol. The third-order valence-corrected chi connectivity index (χ3v) is 8.66. The molecule has 1 unspecified atom stereocenters. The van der Waals surface area contributed by atoms with E-state index in [1.807, 2.05) is 53.2 Å². The lowest BCUT2D eigenvalue weighted by Gasteiger charge is -2.17. The summed E-state index contributed by atoms with van der Waals surface area (Å²) in [7, 11) is -4.08. The lowest BCUT2D eigenvalue weighted by molar-refractivity contribution is 0.282. The Balaban J connectivity index is 1.62. The third kappa shape index (κ3) is 4.92. The largest absolute Gasteiger partial charge is 0.377 e. The van der Waals surface area contributed by atoms with Crippen molar-refractivity contribution < 1.29 is 14.0 Å². The first-order valence-corrected chi connectivity index (χ1v) is 14.5. The van der Waals surface area contributed by atoms with Gasteiger partial charge in [0, 0.05) is 23.6 Å². The summed E-state index contributed by atoms with van der Waals surface area (Å²) in [6, 6.07) is 16.0. The Labute approximate surface area is 222 Å². The van der Waals surface area contributed by atoms with Gasteiger partial charge in [-0.25, -0.2) is 4.98 Å². The summed E-state index contributed by atoms with van der Waals surface area (Å²) < 4.78 is 22.7. The van der Waals surface area contributed by atoms with Crippen LogP contribution in [0.5, 0.6) is 0 Å². The quantitative estimate of drug-likeness (QED) is 0.221. The van der Waals surface area contributed by atoms with E-state index >= 15 is 0 Å². The Morgan fingerprint density at radius 1 is 1.14 bits per heavy atom. The Morgan fingerprint density at radius 2 is 1.97 bits per heavy atom. The van der Waals surface area contributed by atoms with Gasteiger partial charge in [0.05, 0.1) is 24.4 Å². The number of aromatic nitrogens is 7. The highest BCUT2D eigenvalue weighted by Crippen LogP contribution is 2.43. The number of nitrogens with one attached hydrogen (secondary N) is 1. The van der Waals surface area contributed by atoms with Gasteiger partial charge in [-0.1, -0.05) is 37.6 Å². The molecule has 0 saturated carbocycles. The van der Waals surface area contributed by atoms with Gasteiger partial charge in [0.2, 0.25) is 5.82 Å². The molecule has 1 atom stereocenters. The zero-order chi connectivity index (χ0) is 26.0. The van der Waals surface area contributed by atoms with Crippen LogP contribution < -0.4 is 5.44 Å². The van der Waals surface area contributed by atoms with E-state index in [1.54, 1.807) is 6.92 Å². The van der Waals surface area contributed by atoms with Crippen LogP contribution in [-0.2, 0) is 22.1 Å². The number of unbranched alkanes of at least 4 members (excludes halogenated alkanes) is 1. The number of aromatic amines is 1. The van der Waals surface area contributed by atoms with Crippen molar-refractivity contribution in [2.45, 2.75) is 39.7 Å². The Morgan fingerprint density at radius 3 is 2.73 bits per heavy atom. The van der Waals surface area contributed by atoms with Gasteiger partial charge in [-0.15, -0.1) is 10.2 Å². The Bertz CT molecular complexity index is 1580. The number of hydrogen-bond donors (Lipinski definition) is 2. The number of tetrazole rings is 1. The predicted molar refractivity (Wildman–Crippen MR) is 145 cm³/mol. The average Bonchev–Trinajstić information content (AvgIpc) is 3.62. The molecule has 0 fully saturated rings. The minimum atomic E-state index is -4.08. The number of nitrogens with zero attached hydrogens (tertiary/aromatic N) is 6. The van der Waals surface area contributed by atoms with Gasteiger partial charge in [-0.05, 0) is 64.3 Å². The smallest absolute Gasteiger partial charge is 0.320 e. The molecule has 5 rings (SSSR count). The molecule has 3 heterocycles. The summed E-state index contributed by atoms with van der Waals surface area (Å²) in [6.45, 7) is 4.30. The van der Waals surface area contributed by atoms with Crippen LogP contribution in [0.4, 0.5) is 0 Å². The summed E-state index contributed by atoms with van der Waals surface area (Å²) >= 11 is 3.42. The van der Waals surface area contributed by atoms with E-state index in [1.165, 1.54) is 0 Å². The molecular weight excluding hydrogens is 557 g/mol. The van der Waals surface area contributed by atoms with Crippen LogP contribution in [0.25, 0.3) is 28.0 Å². The molecule has 0 aliphatic rings. The van der Waals surface area contributed by atoms with Crippen molar-refractivity contribution in [2.24, 2.45) is 0 Å². The van der Waals surface area contributed by atoms with Crippen LogP contribution in [0.2, 0.25) is 0 Å². The minimum Gasteiger partial charge on any atom is -0.320 e. The lowest BCUT2D eigenvalue weighted by atomic mass is 10.1. The van der Waals surface area contributed by atoms with Crippen LogP contribution >= 0.6 is 23.5 Å². The highest BCUT2D eigenvalue weighted by Gasteiger charge is 2.33. The molecular formula is C25H27BrN7O3P. The topological polar surface area (TPSA) is 124 Å². The molecule has 0 aliphatic heterocycles. The number of aryl methyl sites for hydroxylation is 1. The van der Waals surface area contributed by atoms with Gasteiger partial charge in [0.1, 0.15) is 10.4 Å². The number of para-hydroxylation sites is 1. The third-order valence-electron chi connectivity index (χ3n) is 6.21. The number of benzene rings is 2. The number of halogens is 1. The standard InChI is InChI=1S/C25H27BrN7O3P/c1-3-5-13-22-27-23(26)25(37(34,35)36-4-2)33(22)16-17-9-8-12-20-18(17)14-15-32(20)21-11-7-6-10-19(21)24-28-30-31-29-24/h6-12,14-15H,3-5,13,16H2,1-2H3,(H,34,35)(H,28,29,30,31). The fourth-order valence-corrected chi connectivity index (χ4v) is 6.89. The van der Waals surface area contributed by atoms with Crippen LogP contribution in [0.3, 0.4) is 0 Å². The second kappa shape index (κ2) is 10.7. The zero-order valence-corrected chi connectivity index (χ0v) is 23.0. The van der Waals surface area contributed by atoms with Crippen molar-refractivity contribution in [3.8, 4) is 17.1 Å². The lowest BCUT2D eigenvalue weighted by Crippen LogP contribution is -2.22. The van der Waals surface area contributed by atoms with Gasteiger partial charge in [0.15, 0.2) is 5.44 Å². The van der Waals surface area contributed by atoms with E-state index < -0.39 is 7.60 Å². The maximum atomic E-state index is 13.2. The molecule has 192 valence electrons. The van der Waals surface area contributed by atoms with E-state index in [0.717, 1.165) is 46.4 Å². The van der Waals surface area contributed by atoms with Crippen molar-refractivity contribution >= 4 is 39.9 Å². The summed E-state index contributed by atoms with van der Waals surface area (Å²) in [6.07, 6.45) is 4.60. The zero-order valence-electron chi connectivity index (χ0n) is 20.5. The van der Waals surface area contributed by atoms with Gasteiger partial charge < -0.3 is 18.6 Å². The molecule has 0 spiro atoms. The molecule has 0 radical (unpaired) electrons. The van der Waals surface area contributed by atoms with Gasteiger partial charge >= 0.3 is 7.60 Å². The maximum Gasteiger partial charge on any atom is 0.377 e. The summed E-state index contributed by atoms with van der Waals surface area (Å²) in [5, 5.41) is 15.6. The van der Waals surface area contributed by atoms with E-state index in [4.69, 9.17) is 4.52 Å². The van der Waals surface area contributed by atoms with Crippen molar-refractivity contribution in [3.05, 3.63) is 70.7 Å². The highest BCUT2D eigenvalue weighted by atomic mass is 79.9. The Hall–Kier alpha value is -3.11. The SMILES string of the molecule is CCCCc1nc(Br)c(P(=O)(O)OCC)n1Cc1cccc2c1ccn2-c1ccccc1-c1nn[nH]n1. The second-order valence-corrected chi connectivity index (χ2v) is 11.0. The van der Waals surface area contributed by atoms with Gasteiger partial charge in [-0.3, -0.25) is 4.57 Å². The second-order valence-electron chi connectivity index (χ2n) is 8.56. The first-order chi connectivity index (χ1) is 17.9. The molecule has 10 nitrogen and oxygen atoms in total. The predicted octanol–water partition coefficient (Wildman–Crippen LogP) is 5.01. The van der Waals surface area contributed by atoms with Crippen LogP contribution in [-0.4, -0.2) is 46.2 Å². The van der Waals surface area contributed by atoms with E-state index in [2.05, 4.69) is 59.1 Å². The number of imidazole rings is 1.